The van der Waals surface area contributed by atoms with Gasteiger partial charge < -0.3 is 0 Å². The van der Waals surface area contributed by atoms with E-state index >= 15 is 0 Å². The third-order valence-corrected chi connectivity index (χ3v) is 12.7. The van der Waals surface area contributed by atoms with Crippen LogP contribution in [-0.4, -0.2) is 7.42 Å². The maximum absolute atomic E-state index is 5.84. The van der Waals surface area contributed by atoms with Crippen molar-refractivity contribution >= 4 is 66.6 Å². The summed E-state index contributed by atoms with van der Waals surface area (Å²) in [6, 6.07) is 25.7. The van der Waals surface area contributed by atoms with Crippen LogP contribution in [0.2, 0.25) is 10.0 Å². The molecule has 0 nitrogen and oxygen atoms in total. The summed E-state index contributed by atoms with van der Waals surface area (Å²) in [5.74, 6) is 0.556. The maximum atomic E-state index is 5.84. The van der Waals surface area contributed by atoms with E-state index in [1.165, 1.54) is 72.4 Å². The predicted octanol–water partition coefficient (Wildman–Crippen LogP) is 13.3. The SMILES string of the molecule is CC1=CC(C)[C-]=C1.CC1=[C-]C(C)(C)c2cc3c(cc21)-c1cc2c(cc1C3)C(C)(C)C=C2C.Cl.Cl.Clc1ccc([CH]=[Zr]=[CH]c2ccc(Cl)cc2)cc1. The molecule has 0 spiro atoms. The van der Waals surface area contributed by atoms with Crippen molar-refractivity contribution in [3.63, 3.8) is 0 Å². The Labute approximate surface area is 339 Å². The second-order valence-electron chi connectivity index (χ2n) is 14.8. The Morgan fingerprint density at radius 3 is 1.69 bits per heavy atom. The molecule has 0 aromatic heterocycles. The summed E-state index contributed by atoms with van der Waals surface area (Å²) in [7, 11) is 0. The van der Waals surface area contributed by atoms with E-state index in [4.69, 9.17) is 23.2 Å². The Kier molecular flexibility index (Phi) is 13.6. The first kappa shape index (κ1) is 41.4. The number of benzene rings is 4. The second-order valence-corrected chi connectivity index (χ2v) is 17.9. The molecular formula is C46H46Cl4Zr-2. The predicted molar refractivity (Wildman–Crippen MR) is 225 cm³/mol. The van der Waals surface area contributed by atoms with E-state index in [1.54, 1.807) is 0 Å². The van der Waals surface area contributed by atoms with Gasteiger partial charge in [0.2, 0.25) is 0 Å². The van der Waals surface area contributed by atoms with Crippen molar-refractivity contribution < 1.29 is 22.3 Å². The van der Waals surface area contributed by atoms with Crippen LogP contribution < -0.4 is 0 Å². The fraction of sp³-hybridized carbons (Fsp3) is 0.261. The Morgan fingerprint density at radius 2 is 1.22 bits per heavy atom. The van der Waals surface area contributed by atoms with Gasteiger partial charge in [0.15, 0.2) is 0 Å². The first-order valence-electron chi connectivity index (χ1n) is 17.1. The number of halogens is 4. The minimum atomic E-state index is -0.623. The number of rotatable bonds is 2. The number of hydrogen-bond donors (Lipinski definition) is 0. The third-order valence-electron chi connectivity index (χ3n) is 9.76. The zero-order chi connectivity index (χ0) is 35.1. The van der Waals surface area contributed by atoms with Gasteiger partial charge in [-0.05, 0) is 58.4 Å². The zero-order valence-corrected chi connectivity index (χ0v) is 36.3. The quantitative estimate of drug-likeness (QED) is 0.156. The summed E-state index contributed by atoms with van der Waals surface area (Å²) in [6.45, 7) is 17.9. The normalized spacial score (nSPS) is 17.1. The van der Waals surface area contributed by atoms with E-state index < -0.39 is 22.3 Å². The Hall–Kier alpha value is -2.38. The molecule has 8 rings (SSSR count). The molecule has 4 aliphatic carbocycles. The van der Waals surface area contributed by atoms with Crippen LogP contribution >= 0.6 is 48.0 Å². The van der Waals surface area contributed by atoms with Crippen LogP contribution in [0, 0.1) is 18.1 Å². The summed E-state index contributed by atoms with van der Waals surface area (Å²) in [4.78, 5) is 0. The van der Waals surface area contributed by atoms with E-state index in [0.29, 0.717) is 5.92 Å². The van der Waals surface area contributed by atoms with Crippen molar-refractivity contribution in [1.82, 2.24) is 0 Å². The van der Waals surface area contributed by atoms with Gasteiger partial charge in [-0.1, -0.05) is 71.1 Å². The molecule has 0 amide bonds. The minimum absolute atomic E-state index is 0. The van der Waals surface area contributed by atoms with Crippen LogP contribution in [0.3, 0.4) is 0 Å². The van der Waals surface area contributed by atoms with Gasteiger partial charge in [-0.3, -0.25) is 12.2 Å². The summed E-state index contributed by atoms with van der Waals surface area (Å²) in [5.41, 5.74) is 18.4. The van der Waals surface area contributed by atoms with Crippen LogP contribution in [0.5, 0.6) is 0 Å². The molecule has 0 aliphatic heterocycles. The van der Waals surface area contributed by atoms with E-state index in [1.807, 2.05) is 30.3 Å². The summed E-state index contributed by atoms with van der Waals surface area (Å²) in [5, 5.41) is 1.57. The second kappa shape index (κ2) is 16.7. The molecule has 0 saturated carbocycles. The molecule has 0 saturated heterocycles. The fourth-order valence-corrected chi connectivity index (χ4v) is 9.73. The Morgan fingerprint density at radius 1 is 0.706 bits per heavy atom. The molecule has 0 N–H and O–H groups in total. The van der Waals surface area contributed by atoms with Crippen molar-refractivity contribution in [2.75, 3.05) is 0 Å². The van der Waals surface area contributed by atoms with E-state index in [0.717, 1.165) is 16.5 Å². The molecule has 4 aromatic rings. The van der Waals surface area contributed by atoms with Crippen LogP contribution in [0.15, 0.2) is 96.6 Å². The van der Waals surface area contributed by atoms with Crippen LogP contribution in [0.1, 0.15) is 99.9 Å². The summed E-state index contributed by atoms with van der Waals surface area (Å²) < 4.78 is 4.66. The van der Waals surface area contributed by atoms with Crippen molar-refractivity contribution in [2.24, 2.45) is 5.92 Å². The Bertz CT molecular complexity index is 1980. The third kappa shape index (κ3) is 9.41. The van der Waals surface area contributed by atoms with E-state index in [-0.39, 0.29) is 35.6 Å². The molecule has 0 bridgehead atoms. The van der Waals surface area contributed by atoms with Crippen molar-refractivity contribution in [2.45, 2.75) is 72.6 Å². The van der Waals surface area contributed by atoms with Gasteiger partial charge >= 0.3 is 123 Å². The summed E-state index contributed by atoms with van der Waals surface area (Å²) in [6.07, 6.45) is 14.5. The first-order chi connectivity index (χ1) is 23.2. The monoisotopic (exact) mass is 828 g/mol. The van der Waals surface area contributed by atoms with Gasteiger partial charge in [-0.25, -0.2) is 17.2 Å². The van der Waals surface area contributed by atoms with Gasteiger partial charge in [0.05, 0.1) is 0 Å². The zero-order valence-electron chi connectivity index (χ0n) is 30.7. The van der Waals surface area contributed by atoms with Crippen LogP contribution in [0.25, 0.3) is 22.3 Å². The molecule has 0 fully saturated rings. The molecule has 1 unspecified atom stereocenters. The van der Waals surface area contributed by atoms with Gasteiger partial charge in [0.25, 0.3) is 0 Å². The average Bonchev–Trinajstić information content (AvgIpc) is 3.74. The molecule has 5 heteroatoms. The molecule has 4 aromatic carbocycles. The Balaban J connectivity index is 0.000000195. The van der Waals surface area contributed by atoms with Crippen LogP contribution in [-0.2, 0) is 39.5 Å². The van der Waals surface area contributed by atoms with Gasteiger partial charge in [-0.2, -0.15) is 11.6 Å². The van der Waals surface area contributed by atoms with Crippen molar-refractivity contribution in [1.29, 1.82) is 0 Å². The number of fused-ring (bicyclic) bond motifs is 5. The van der Waals surface area contributed by atoms with Gasteiger partial charge in [0.1, 0.15) is 0 Å². The number of allylic oxidation sites excluding steroid dienone is 8. The van der Waals surface area contributed by atoms with Crippen molar-refractivity contribution in [3.05, 3.63) is 163 Å². The summed E-state index contributed by atoms with van der Waals surface area (Å²) >= 11 is 11.0. The van der Waals surface area contributed by atoms with Crippen molar-refractivity contribution in [3.8, 4) is 11.1 Å². The standard InChI is InChI=1S/C25H25.2C7H5Cl.C7H9.2ClH.Zr/c1-14-12-24(3,4)22-8-16-7-17-9-23-19(15(2)13-25(23,5)6)11-21(17)20(16)10-18(14)22;2*1-6-2-4-7(8)5-3-6;1-6-3-4-7(2)5-6;;;/h8-12H,7H2,1-6H3;2*1-5H;3,5,7H,1-2H3;2*1H;/q-1;;;-1;;;. The van der Waals surface area contributed by atoms with Gasteiger partial charge in [-0.15, -0.1) is 43.4 Å². The molecule has 0 heterocycles. The molecule has 4 aliphatic rings. The molecule has 0 radical (unpaired) electrons. The fourth-order valence-electron chi connectivity index (χ4n) is 7.38. The topological polar surface area (TPSA) is 0 Å². The molecule has 264 valence electrons. The molecular weight excluding hydrogens is 786 g/mol. The van der Waals surface area contributed by atoms with Crippen LogP contribution in [0.4, 0.5) is 0 Å². The molecule has 1 atom stereocenters. The average molecular weight is 832 g/mol. The van der Waals surface area contributed by atoms with Gasteiger partial charge in [0, 0.05) is 5.41 Å². The first-order valence-corrected chi connectivity index (χ1v) is 20.7. The molecule has 51 heavy (non-hydrogen) atoms. The van der Waals surface area contributed by atoms with E-state index in [2.05, 4.69) is 136 Å². The van der Waals surface area contributed by atoms with E-state index in [9.17, 15) is 0 Å². The number of hydrogen-bond acceptors (Lipinski definition) is 0.